The second-order valence-electron chi connectivity index (χ2n) is 8.39. The number of nitrogens with one attached hydrogen (secondary N) is 2. The van der Waals surface area contributed by atoms with Gasteiger partial charge in [-0.2, -0.15) is 0 Å². The summed E-state index contributed by atoms with van der Waals surface area (Å²) in [5.41, 5.74) is 2.71. The predicted octanol–water partition coefficient (Wildman–Crippen LogP) is 2.98. The summed E-state index contributed by atoms with van der Waals surface area (Å²) in [6.07, 6.45) is 4.58. The number of carbonyl (C=O) groups excluding carboxylic acids is 1. The molecule has 3 rings (SSSR count). The van der Waals surface area contributed by atoms with Crippen molar-refractivity contribution in [3.63, 3.8) is 0 Å². The monoisotopic (exact) mass is 528 g/mol. The quantitative estimate of drug-likeness (QED) is 0.354. The summed E-state index contributed by atoms with van der Waals surface area (Å²) in [6.45, 7) is 12.4. The van der Waals surface area contributed by atoms with Crippen LogP contribution in [0.4, 0.5) is 4.79 Å². The van der Waals surface area contributed by atoms with Gasteiger partial charge in [-0.3, -0.25) is 4.99 Å². The van der Waals surface area contributed by atoms with E-state index in [1.54, 1.807) is 4.90 Å². The highest BCUT2D eigenvalue weighted by atomic mass is 127. The molecule has 0 bridgehead atoms. The first-order valence-electron chi connectivity index (χ1n) is 10.2. The van der Waals surface area contributed by atoms with Gasteiger partial charge in [-0.15, -0.1) is 24.0 Å². The predicted molar refractivity (Wildman–Crippen MR) is 130 cm³/mol. The van der Waals surface area contributed by atoms with E-state index in [-0.39, 0.29) is 36.1 Å². The molecule has 0 atom stereocenters. The van der Waals surface area contributed by atoms with Gasteiger partial charge in [0.2, 0.25) is 0 Å². The van der Waals surface area contributed by atoms with Crippen LogP contribution in [-0.4, -0.2) is 64.2 Å². The van der Waals surface area contributed by atoms with Crippen LogP contribution < -0.4 is 10.6 Å². The number of hydrogen-bond donors (Lipinski definition) is 2. The Balaban J connectivity index is 0.00000320. The van der Waals surface area contributed by atoms with Crippen molar-refractivity contribution >= 4 is 41.7 Å². The van der Waals surface area contributed by atoms with Crippen molar-refractivity contribution in [3.8, 4) is 0 Å². The first-order valence-corrected chi connectivity index (χ1v) is 10.2. The number of aromatic nitrogens is 2. The average Bonchev–Trinajstić information content (AvgIpc) is 3.00. The van der Waals surface area contributed by atoms with Crippen molar-refractivity contribution in [1.82, 2.24) is 24.9 Å². The first kappa shape index (κ1) is 24.2. The van der Waals surface area contributed by atoms with Crippen molar-refractivity contribution in [2.24, 2.45) is 4.99 Å². The maximum absolute atomic E-state index is 12.0. The van der Waals surface area contributed by atoms with E-state index in [1.165, 1.54) is 0 Å². The van der Waals surface area contributed by atoms with Gasteiger partial charge in [-0.05, 0) is 46.2 Å². The second-order valence-corrected chi connectivity index (χ2v) is 8.39. The molecular weight excluding hydrogens is 495 g/mol. The third kappa shape index (κ3) is 6.48. The highest BCUT2D eigenvalue weighted by molar-refractivity contribution is 14.0. The molecule has 1 fully saturated rings. The van der Waals surface area contributed by atoms with E-state index in [1.807, 2.05) is 40.0 Å². The molecule has 30 heavy (non-hydrogen) atoms. The fourth-order valence-corrected chi connectivity index (χ4v) is 3.17. The molecule has 2 N–H and O–H groups in total. The van der Waals surface area contributed by atoms with Crippen LogP contribution in [0.3, 0.4) is 0 Å². The number of ether oxygens (including phenoxy) is 1. The minimum absolute atomic E-state index is 0. The molecule has 2 aromatic heterocycles. The Labute approximate surface area is 195 Å². The molecule has 1 aliphatic rings. The Morgan fingerprint density at radius 2 is 2.10 bits per heavy atom. The Hall–Kier alpha value is -2.04. The van der Waals surface area contributed by atoms with Crippen LogP contribution in [0.2, 0.25) is 0 Å². The lowest BCUT2D eigenvalue weighted by Crippen LogP contribution is -2.63. The third-order valence-corrected chi connectivity index (χ3v) is 4.58. The molecule has 8 nitrogen and oxygen atoms in total. The highest BCUT2D eigenvalue weighted by Crippen LogP contribution is 2.15. The number of imidazole rings is 1. The Bertz CT molecular complexity index is 883. The van der Waals surface area contributed by atoms with E-state index >= 15 is 0 Å². The number of aliphatic imine (C=N–C) groups is 1. The zero-order chi connectivity index (χ0) is 21.0. The fraction of sp³-hybridized carbons (Fsp3) is 0.571. The lowest BCUT2D eigenvalue weighted by atomic mass is 10.1. The van der Waals surface area contributed by atoms with E-state index < -0.39 is 5.60 Å². The van der Waals surface area contributed by atoms with Crippen molar-refractivity contribution in [1.29, 1.82) is 0 Å². The Morgan fingerprint density at radius 3 is 2.73 bits per heavy atom. The molecule has 1 saturated heterocycles. The fourth-order valence-electron chi connectivity index (χ4n) is 3.17. The molecular formula is C21H33IN6O2. The van der Waals surface area contributed by atoms with E-state index in [0.29, 0.717) is 19.6 Å². The van der Waals surface area contributed by atoms with Crippen LogP contribution in [-0.2, 0) is 11.2 Å². The van der Waals surface area contributed by atoms with Crippen LogP contribution in [0.5, 0.6) is 0 Å². The zero-order valence-corrected chi connectivity index (χ0v) is 20.8. The van der Waals surface area contributed by atoms with Gasteiger partial charge in [-0.1, -0.05) is 6.07 Å². The summed E-state index contributed by atoms with van der Waals surface area (Å²) in [4.78, 5) is 23.1. The SMILES string of the molecule is CCNC(=NCCc1cn2cccc(C)c2n1)NC1CN(C(=O)OC(C)(C)C)C1.I. The number of nitrogens with zero attached hydrogens (tertiary/aromatic N) is 4. The first-order chi connectivity index (χ1) is 13.7. The topological polar surface area (TPSA) is 83.3 Å². The van der Waals surface area contributed by atoms with Crippen LogP contribution in [0.1, 0.15) is 39.0 Å². The van der Waals surface area contributed by atoms with E-state index in [2.05, 4.69) is 39.2 Å². The van der Waals surface area contributed by atoms with Gasteiger partial charge in [0.25, 0.3) is 0 Å². The normalized spacial score (nSPS) is 14.8. The zero-order valence-electron chi connectivity index (χ0n) is 18.4. The number of aryl methyl sites for hydroxylation is 1. The maximum Gasteiger partial charge on any atom is 0.410 e. The van der Waals surface area contributed by atoms with E-state index in [0.717, 1.165) is 35.8 Å². The standard InChI is InChI=1S/C21H32N6O2.HI/c1-6-22-19(25-17-13-27(14-17)20(28)29-21(3,4)5)23-10-9-16-12-26-11-7-8-15(2)18(26)24-16;/h7-8,11-12,17H,6,9-10,13-14H2,1-5H3,(H2,22,23,25);1H. The number of amides is 1. The van der Waals surface area contributed by atoms with Crippen molar-refractivity contribution in [2.45, 2.75) is 52.7 Å². The van der Waals surface area contributed by atoms with Crippen molar-refractivity contribution < 1.29 is 9.53 Å². The van der Waals surface area contributed by atoms with E-state index in [4.69, 9.17) is 9.72 Å². The Morgan fingerprint density at radius 1 is 1.37 bits per heavy atom. The number of guanidine groups is 1. The summed E-state index contributed by atoms with van der Waals surface area (Å²) >= 11 is 0. The van der Waals surface area contributed by atoms with Gasteiger partial charge >= 0.3 is 6.09 Å². The van der Waals surface area contributed by atoms with Crippen LogP contribution in [0, 0.1) is 6.92 Å². The lowest BCUT2D eigenvalue weighted by Gasteiger charge is -2.40. The second kappa shape index (κ2) is 10.3. The third-order valence-electron chi connectivity index (χ3n) is 4.58. The molecule has 0 radical (unpaired) electrons. The summed E-state index contributed by atoms with van der Waals surface area (Å²) in [5, 5.41) is 6.65. The number of rotatable bonds is 5. The largest absolute Gasteiger partial charge is 0.444 e. The van der Waals surface area contributed by atoms with Gasteiger partial charge in [-0.25, -0.2) is 9.78 Å². The van der Waals surface area contributed by atoms with Gasteiger partial charge < -0.3 is 24.7 Å². The summed E-state index contributed by atoms with van der Waals surface area (Å²) < 4.78 is 7.45. The molecule has 166 valence electrons. The number of hydrogen-bond acceptors (Lipinski definition) is 4. The highest BCUT2D eigenvalue weighted by Gasteiger charge is 2.34. The summed E-state index contributed by atoms with van der Waals surface area (Å²) in [7, 11) is 0. The van der Waals surface area contributed by atoms with Gasteiger partial charge in [0, 0.05) is 45.0 Å². The molecule has 9 heteroatoms. The molecule has 2 aromatic rings. The molecule has 0 spiro atoms. The smallest absolute Gasteiger partial charge is 0.410 e. The molecule has 1 aliphatic heterocycles. The molecule has 0 aromatic carbocycles. The maximum atomic E-state index is 12.0. The molecule has 0 unspecified atom stereocenters. The number of carbonyl (C=O) groups is 1. The van der Waals surface area contributed by atoms with Crippen molar-refractivity contribution in [2.75, 3.05) is 26.2 Å². The number of pyridine rings is 1. The minimum Gasteiger partial charge on any atom is -0.444 e. The number of halogens is 1. The molecule has 0 saturated carbocycles. The summed E-state index contributed by atoms with van der Waals surface area (Å²) in [6, 6.07) is 4.27. The average molecular weight is 528 g/mol. The number of fused-ring (bicyclic) bond motifs is 1. The van der Waals surface area contributed by atoms with Gasteiger partial charge in [0.15, 0.2) is 5.96 Å². The van der Waals surface area contributed by atoms with E-state index in [9.17, 15) is 4.79 Å². The lowest BCUT2D eigenvalue weighted by molar-refractivity contribution is 0.00701. The van der Waals surface area contributed by atoms with Crippen LogP contribution in [0.15, 0.2) is 29.5 Å². The molecule has 3 heterocycles. The Kier molecular flexibility index (Phi) is 8.34. The van der Waals surface area contributed by atoms with Gasteiger partial charge in [0.05, 0.1) is 11.7 Å². The number of likely N-dealkylation sites (tertiary alicyclic amines) is 1. The van der Waals surface area contributed by atoms with Crippen LogP contribution in [0.25, 0.3) is 5.65 Å². The van der Waals surface area contributed by atoms with Crippen molar-refractivity contribution in [3.05, 3.63) is 35.8 Å². The molecule has 0 aliphatic carbocycles. The van der Waals surface area contributed by atoms with Crippen LogP contribution >= 0.6 is 24.0 Å². The minimum atomic E-state index is -0.470. The summed E-state index contributed by atoms with van der Waals surface area (Å²) in [5.74, 6) is 0.765. The molecule has 1 amide bonds. The van der Waals surface area contributed by atoms with Gasteiger partial charge in [0.1, 0.15) is 11.2 Å².